The van der Waals surface area contributed by atoms with E-state index in [1.165, 1.54) is 0 Å². The van der Waals surface area contributed by atoms with Gasteiger partial charge in [0.15, 0.2) is 11.6 Å². The van der Waals surface area contributed by atoms with Crippen LogP contribution in [0.3, 0.4) is 0 Å². The molecule has 0 aliphatic heterocycles. The van der Waals surface area contributed by atoms with E-state index in [0.29, 0.717) is 21.4 Å². The van der Waals surface area contributed by atoms with Gasteiger partial charge >= 0.3 is 0 Å². The second-order valence-corrected chi connectivity index (χ2v) is 4.03. The van der Waals surface area contributed by atoms with Crippen LogP contribution >= 0.6 is 34.8 Å². The maximum atomic E-state index is 5.88. The topological polar surface area (TPSA) is 52.0 Å². The molecule has 0 atom stereocenters. The summed E-state index contributed by atoms with van der Waals surface area (Å²) in [7, 11) is 0. The van der Waals surface area contributed by atoms with E-state index in [4.69, 9.17) is 45.1 Å². The number of nitrogens with two attached hydrogens (primary N) is 1. The summed E-state index contributed by atoms with van der Waals surface area (Å²) in [6.45, 7) is 0. The molecule has 0 unspecified atom stereocenters. The third kappa shape index (κ3) is 1.91. The first-order valence-electron chi connectivity index (χ1n) is 3.95. The first-order chi connectivity index (χ1) is 7.09. The second-order valence-electron chi connectivity index (χ2n) is 2.84. The first kappa shape index (κ1) is 10.6. The van der Waals surface area contributed by atoms with Crippen LogP contribution in [0.25, 0.3) is 11.3 Å². The lowest BCUT2D eigenvalue weighted by atomic mass is 10.2. The normalized spacial score (nSPS) is 10.6. The van der Waals surface area contributed by atoms with Crippen molar-refractivity contribution in [2.45, 2.75) is 0 Å². The zero-order valence-electron chi connectivity index (χ0n) is 7.30. The van der Waals surface area contributed by atoms with Crippen LogP contribution in [0.4, 0.5) is 5.82 Å². The number of hydrogen-bond acceptors (Lipinski definition) is 3. The highest BCUT2D eigenvalue weighted by atomic mass is 35.5. The standard InChI is InChI=1S/C9H5Cl3N2O/c10-5-2-1-4(3-6(5)11)8-7(12)9(13)14-15-8/h1-3H,(H2,13,14). The fraction of sp³-hybridized carbons (Fsp3) is 0. The molecule has 3 nitrogen and oxygen atoms in total. The largest absolute Gasteiger partial charge is 0.380 e. The summed E-state index contributed by atoms with van der Waals surface area (Å²) in [4.78, 5) is 0. The first-order valence-corrected chi connectivity index (χ1v) is 5.09. The molecule has 0 fully saturated rings. The van der Waals surface area contributed by atoms with Gasteiger partial charge in [0, 0.05) is 5.56 Å². The second kappa shape index (κ2) is 3.93. The highest BCUT2D eigenvalue weighted by Gasteiger charge is 2.14. The Morgan fingerprint density at radius 3 is 2.40 bits per heavy atom. The summed E-state index contributed by atoms with van der Waals surface area (Å²) in [5, 5.41) is 4.69. The molecular formula is C9H5Cl3N2O. The monoisotopic (exact) mass is 262 g/mol. The average Bonchev–Trinajstić information content (AvgIpc) is 2.53. The lowest BCUT2D eigenvalue weighted by Gasteiger charge is -1.99. The van der Waals surface area contributed by atoms with Crippen molar-refractivity contribution in [1.29, 1.82) is 0 Å². The molecule has 2 rings (SSSR count). The summed E-state index contributed by atoms with van der Waals surface area (Å²) in [6.07, 6.45) is 0. The average molecular weight is 264 g/mol. The number of benzene rings is 1. The minimum atomic E-state index is 0.151. The zero-order chi connectivity index (χ0) is 11.0. The van der Waals surface area contributed by atoms with Gasteiger partial charge in [-0.2, -0.15) is 0 Å². The Bertz CT molecular complexity index is 510. The molecule has 6 heteroatoms. The van der Waals surface area contributed by atoms with E-state index in [0.717, 1.165) is 0 Å². The number of nitrogens with zero attached hydrogens (tertiary/aromatic N) is 1. The summed E-state index contributed by atoms with van der Waals surface area (Å²) < 4.78 is 4.97. The van der Waals surface area contributed by atoms with Gasteiger partial charge < -0.3 is 10.3 Å². The molecule has 1 aromatic heterocycles. The molecule has 0 aliphatic carbocycles. The molecule has 15 heavy (non-hydrogen) atoms. The zero-order valence-corrected chi connectivity index (χ0v) is 9.57. The van der Waals surface area contributed by atoms with Crippen molar-refractivity contribution in [1.82, 2.24) is 5.16 Å². The predicted octanol–water partition coefficient (Wildman–Crippen LogP) is 3.88. The van der Waals surface area contributed by atoms with Gasteiger partial charge in [0.1, 0.15) is 5.02 Å². The Hall–Kier alpha value is -0.900. The lowest BCUT2D eigenvalue weighted by molar-refractivity contribution is 0.436. The van der Waals surface area contributed by atoms with E-state index >= 15 is 0 Å². The summed E-state index contributed by atoms with van der Waals surface area (Å²) >= 11 is 17.5. The SMILES string of the molecule is Nc1noc(-c2ccc(Cl)c(Cl)c2)c1Cl. The molecule has 1 aromatic carbocycles. The molecule has 1 heterocycles. The number of halogens is 3. The third-order valence-electron chi connectivity index (χ3n) is 1.84. The van der Waals surface area contributed by atoms with Crippen molar-refractivity contribution in [3.8, 4) is 11.3 Å². The number of rotatable bonds is 1. The van der Waals surface area contributed by atoms with E-state index in [9.17, 15) is 0 Å². The Morgan fingerprint density at radius 2 is 1.87 bits per heavy atom. The molecule has 0 radical (unpaired) electrons. The van der Waals surface area contributed by atoms with E-state index in [2.05, 4.69) is 5.16 Å². The van der Waals surface area contributed by atoms with Crippen LogP contribution in [0.2, 0.25) is 15.1 Å². The van der Waals surface area contributed by atoms with E-state index in [1.54, 1.807) is 18.2 Å². The van der Waals surface area contributed by atoms with Crippen LogP contribution in [0, 0.1) is 0 Å². The van der Waals surface area contributed by atoms with Crippen LogP contribution in [-0.4, -0.2) is 5.16 Å². The van der Waals surface area contributed by atoms with E-state index in [-0.39, 0.29) is 10.8 Å². The maximum absolute atomic E-state index is 5.88. The minimum absolute atomic E-state index is 0.151. The Balaban J connectivity index is 2.55. The molecule has 0 aliphatic rings. The van der Waals surface area contributed by atoms with Crippen LogP contribution < -0.4 is 5.73 Å². The molecule has 0 amide bonds. The summed E-state index contributed by atoms with van der Waals surface area (Å²) in [6, 6.07) is 5.00. The van der Waals surface area contributed by atoms with Gasteiger partial charge in [-0.1, -0.05) is 40.0 Å². The Kier molecular flexibility index (Phi) is 2.78. The quantitative estimate of drug-likeness (QED) is 0.849. The molecule has 78 valence electrons. The van der Waals surface area contributed by atoms with E-state index < -0.39 is 0 Å². The Labute approximate surface area is 101 Å². The highest BCUT2D eigenvalue weighted by molar-refractivity contribution is 6.42. The predicted molar refractivity (Wildman–Crippen MR) is 61.4 cm³/mol. The van der Waals surface area contributed by atoms with Crippen LogP contribution in [-0.2, 0) is 0 Å². The van der Waals surface area contributed by atoms with Gasteiger partial charge in [0.2, 0.25) is 0 Å². The summed E-state index contributed by atoms with van der Waals surface area (Å²) in [5.41, 5.74) is 6.13. The Morgan fingerprint density at radius 1 is 1.13 bits per heavy atom. The smallest absolute Gasteiger partial charge is 0.187 e. The minimum Gasteiger partial charge on any atom is -0.380 e. The molecule has 0 saturated heterocycles. The van der Waals surface area contributed by atoms with Crippen LogP contribution in [0.1, 0.15) is 0 Å². The third-order valence-corrected chi connectivity index (χ3v) is 2.95. The van der Waals surface area contributed by atoms with Gasteiger partial charge in [-0.15, -0.1) is 0 Å². The van der Waals surface area contributed by atoms with Gasteiger partial charge in [-0.05, 0) is 18.2 Å². The van der Waals surface area contributed by atoms with Gasteiger partial charge in [0.25, 0.3) is 0 Å². The van der Waals surface area contributed by atoms with Crippen molar-refractivity contribution < 1.29 is 4.52 Å². The van der Waals surface area contributed by atoms with Gasteiger partial charge in [-0.3, -0.25) is 0 Å². The van der Waals surface area contributed by atoms with Crippen molar-refractivity contribution in [2.24, 2.45) is 0 Å². The van der Waals surface area contributed by atoms with Crippen molar-refractivity contribution in [2.75, 3.05) is 5.73 Å². The maximum Gasteiger partial charge on any atom is 0.187 e. The molecule has 0 bridgehead atoms. The molecule has 0 spiro atoms. The van der Waals surface area contributed by atoms with Crippen LogP contribution in [0.15, 0.2) is 22.7 Å². The van der Waals surface area contributed by atoms with Gasteiger partial charge in [0.05, 0.1) is 10.0 Å². The van der Waals surface area contributed by atoms with Crippen molar-refractivity contribution in [3.63, 3.8) is 0 Å². The lowest BCUT2D eigenvalue weighted by Crippen LogP contribution is -1.83. The molecule has 2 aromatic rings. The fourth-order valence-electron chi connectivity index (χ4n) is 1.11. The molecular weight excluding hydrogens is 258 g/mol. The van der Waals surface area contributed by atoms with Crippen molar-refractivity contribution >= 4 is 40.6 Å². The number of aromatic nitrogens is 1. The van der Waals surface area contributed by atoms with E-state index in [1.807, 2.05) is 0 Å². The molecule has 0 saturated carbocycles. The number of nitrogen functional groups attached to an aromatic ring is 1. The number of anilines is 1. The fourth-order valence-corrected chi connectivity index (χ4v) is 1.58. The molecule has 2 N–H and O–H groups in total. The van der Waals surface area contributed by atoms with Crippen LogP contribution in [0.5, 0.6) is 0 Å². The van der Waals surface area contributed by atoms with Gasteiger partial charge in [-0.25, -0.2) is 0 Å². The number of hydrogen-bond donors (Lipinski definition) is 1. The highest BCUT2D eigenvalue weighted by Crippen LogP contribution is 2.34. The van der Waals surface area contributed by atoms with Crippen molar-refractivity contribution in [3.05, 3.63) is 33.3 Å². The summed E-state index contributed by atoms with van der Waals surface area (Å²) in [5.74, 6) is 0.533.